The molecule has 0 spiro atoms. The van der Waals surface area contributed by atoms with Crippen LogP contribution in [-0.4, -0.2) is 4.98 Å². The van der Waals surface area contributed by atoms with E-state index in [9.17, 15) is 0 Å². The standard InChI is InChI=1S/C15H11N3OS/c1-9-6-12(4-2-10(9)8-16)20-15-18-13-7-11(17)3-5-14(13)19-15/h2-7H,17H2,1H3. The van der Waals surface area contributed by atoms with Crippen LogP contribution < -0.4 is 5.73 Å². The van der Waals surface area contributed by atoms with Crippen LogP contribution in [0.5, 0.6) is 0 Å². The second kappa shape index (κ2) is 4.91. The average Bonchev–Trinajstić information content (AvgIpc) is 2.80. The van der Waals surface area contributed by atoms with E-state index in [0.717, 1.165) is 16.0 Å². The van der Waals surface area contributed by atoms with E-state index < -0.39 is 0 Å². The number of nitrogen functional groups attached to an aromatic ring is 1. The van der Waals surface area contributed by atoms with Crippen molar-refractivity contribution in [2.45, 2.75) is 17.0 Å². The van der Waals surface area contributed by atoms with Gasteiger partial charge in [0.25, 0.3) is 5.22 Å². The average molecular weight is 281 g/mol. The van der Waals surface area contributed by atoms with Crippen LogP contribution in [0.15, 0.2) is 50.9 Å². The number of fused-ring (bicyclic) bond motifs is 1. The first-order valence-corrected chi connectivity index (χ1v) is 6.82. The zero-order chi connectivity index (χ0) is 14.1. The Balaban J connectivity index is 1.93. The number of hydrogen-bond acceptors (Lipinski definition) is 5. The lowest BCUT2D eigenvalue weighted by atomic mass is 10.1. The Morgan fingerprint density at radius 1 is 1.25 bits per heavy atom. The molecule has 0 amide bonds. The molecule has 3 rings (SSSR count). The van der Waals surface area contributed by atoms with Crippen LogP contribution in [0.1, 0.15) is 11.1 Å². The summed E-state index contributed by atoms with van der Waals surface area (Å²) in [7, 11) is 0. The summed E-state index contributed by atoms with van der Waals surface area (Å²) in [4.78, 5) is 5.38. The van der Waals surface area contributed by atoms with Crippen molar-refractivity contribution < 1.29 is 4.42 Å². The Bertz CT molecular complexity index is 833. The number of rotatable bonds is 2. The van der Waals surface area contributed by atoms with Gasteiger partial charge in [-0.3, -0.25) is 0 Å². The number of benzene rings is 2. The molecule has 0 atom stereocenters. The first-order valence-electron chi connectivity index (χ1n) is 6.00. The van der Waals surface area contributed by atoms with Crippen molar-refractivity contribution in [1.29, 1.82) is 5.26 Å². The molecule has 5 heteroatoms. The second-order valence-corrected chi connectivity index (χ2v) is 5.42. The summed E-state index contributed by atoms with van der Waals surface area (Å²) >= 11 is 1.42. The van der Waals surface area contributed by atoms with Gasteiger partial charge < -0.3 is 10.2 Å². The van der Waals surface area contributed by atoms with Crippen molar-refractivity contribution in [3.8, 4) is 6.07 Å². The maximum Gasteiger partial charge on any atom is 0.261 e. The lowest BCUT2D eigenvalue weighted by Crippen LogP contribution is -1.83. The van der Waals surface area contributed by atoms with Crippen molar-refractivity contribution in [1.82, 2.24) is 4.98 Å². The first kappa shape index (κ1) is 12.6. The molecule has 0 aliphatic carbocycles. The molecule has 3 aromatic rings. The SMILES string of the molecule is Cc1cc(Sc2nc3cc(N)ccc3o2)ccc1C#N. The molecule has 2 aromatic carbocycles. The third-order valence-electron chi connectivity index (χ3n) is 2.92. The van der Waals surface area contributed by atoms with Crippen molar-refractivity contribution in [2.75, 3.05) is 5.73 Å². The predicted molar refractivity (Wildman–Crippen MR) is 78.4 cm³/mol. The molecule has 0 radical (unpaired) electrons. The molecule has 2 N–H and O–H groups in total. The van der Waals surface area contributed by atoms with Gasteiger partial charge in [-0.15, -0.1) is 0 Å². The first-order chi connectivity index (χ1) is 9.65. The lowest BCUT2D eigenvalue weighted by molar-refractivity contribution is 0.489. The van der Waals surface area contributed by atoms with Gasteiger partial charge in [0.15, 0.2) is 5.58 Å². The minimum atomic E-state index is 0.565. The number of nitrogens with two attached hydrogens (primary N) is 1. The van der Waals surface area contributed by atoms with Crippen LogP contribution in [0.25, 0.3) is 11.1 Å². The van der Waals surface area contributed by atoms with Crippen LogP contribution in [0.2, 0.25) is 0 Å². The van der Waals surface area contributed by atoms with Crippen molar-refractivity contribution in [2.24, 2.45) is 0 Å². The van der Waals surface area contributed by atoms with Gasteiger partial charge in [0.05, 0.1) is 11.6 Å². The largest absolute Gasteiger partial charge is 0.431 e. The highest BCUT2D eigenvalue weighted by molar-refractivity contribution is 7.99. The molecule has 0 aliphatic rings. The van der Waals surface area contributed by atoms with Gasteiger partial charge in [-0.25, -0.2) is 4.98 Å². The molecule has 20 heavy (non-hydrogen) atoms. The number of hydrogen-bond donors (Lipinski definition) is 1. The van der Waals surface area contributed by atoms with E-state index in [0.29, 0.717) is 22.1 Å². The van der Waals surface area contributed by atoms with Crippen LogP contribution in [0.3, 0.4) is 0 Å². The molecule has 0 aliphatic heterocycles. The number of aryl methyl sites for hydroxylation is 1. The number of nitriles is 1. The normalized spacial score (nSPS) is 10.6. The number of oxazole rings is 1. The fourth-order valence-electron chi connectivity index (χ4n) is 1.89. The zero-order valence-electron chi connectivity index (χ0n) is 10.8. The fraction of sp³-hybridized carbons (Fsp3) is 0.0667. The Hall–Kier alpha value is -2.45. The van der Waals surface area contributed by atoms with E-state index in [1.165, 1.54) is 11.8 Å². The summed E-state index contributed by atoms with van der Waals surface area (Å²) in [6.07, 6.45) is 0. The molecule has 98 valence electrons. The molecule has 0 unspecified atom stereocenters. The third-order valence-corrected chi connectivity index (χ3v) is 3.75. The molecular weight excluding hydrogens is 270 g/mol. The Morgan fingerprint density at radius 3 is 2.85 bits per heavy atom. The predicted octanol–water partition coefficient (Wildman–Crippen LogP) is 3.74. The van der Waals surface area contributed by atoms with Crippen LogP contribution in [0.4, 0.5) is 5.69 Å². The maximum atomic E-state index is 8.92. The fourth-order valence-corrected chi connectivity index (χ4v) is 2.74. The topological polar surface area (TPSA) is 75.8 Å². The highest BCUT2D eigenvalue weighted by atomic mass is 32.2. The highest BCUT2D eigenvalue weighted by Crippen LogP contribution is 2.31. The minimum absolute atomic E-state index is 0.565. The zero-order valence-corrected chi connectivity index (χ0v) is 11.6. The molecule has 0 saturated carbocycles. The Labute approximate surface area is 120 Å². The highest BCUT2D eigenvalue weighted by Gasteiger charge is 2.08. The van der Waals surface area contributed by atoms with Crippen molar-refractivity contribution in [3.63, 3.8) is 0 Å². The molecule has 0 fully saturated rings. The van der Waals surface area contributed by atoms with E-state index in [1.807, 2.05) is 25.1 Å². The van der Waals surface area contributed by atoms with Crippen LogP contribution in [-0.2, 0) is 0 Å². The Morgan fingerprint density at radius 2 is 2.10 bits per heavy atom. The third kappa shape index (κ3) is 2.33. The molecule has 1 heterocycles. The van der Waals surface area contributed by atoms with Gasteiger partial charge in [0, 0.05) is 10.6 Å². The van der Waals surface area contributed by atoms with Crippen molar-refractivity contribution >= 4 is 28.5 Å². The number of anilines is 1. The lowest BCUT2D eigenvalue weighted by Gasteiger charge is -2.00. The smallest absolute Gasteiger partial charge is 0.261 e. The second-order valence-electron chi connectivity index (χ2n) is 4.40. The van der Waals surface area contributed by atoms with Crippen LogP contribution in [0, 0.1) is 18.3 Å². The van der Waals surface area contributed by atoms with E-state index in [2.05, 4.69) is 11.1 Å². The monoisotopic (exact) mass is 281 g/mol. The van der Waals surface area contributed by atoms with Crippen molar-refractivity contribution in [3.05, 3.63) is 47.5 Å². The van der Waals surface area contributed by atoms with Gasteiger partial charge in [0.1, 0.15) is 5.52 Å². The van der Waals surface area contributed by atoms with E-state index in [1.54, 1.807) is 18.2 Å². The molecule has 0 bridgehead atoms. The number of nitrogens with zero attached hydrogens (tertiary/aromatic N) is 2. The van der Waals surface area contributed by atoms with Gasteiger partial charge in [-0.2, -0.15) is 5.26 Å². The quantitative estimate of drug-likeness (QED) is 0.724. The molecule has 0 saturated heterocycles. The van der Waals surface area contributed by atoms with E-state index in [-0.39, 0.29) is 0 Å². The Kier molecular flexibility index (Phi) is 3.09. The number of aromatic nitrogens is 1. The maximum absolute atomic E-state index is 8.92. The molecular formula is C15H11N3OS. The minimum Gasteiger partial charge on any atom is -0.431 e. The van der Waals surface area contributed by atoms with Gasteiger partial charge in [-0.05, 0) is 60.6 Å². The van der Waals surface area contributed by atoms with Gasteiger partial charge in [0.2, 0.25) is 0 Å². The summed E-state index contributed by atoms with van der Waals surface area (Å²) in [5.41, 5.74) is 9.47. The summed E-state index contributed by atoms with van der Waals surface area (Å²) in [5.74, 6) is 0. The summed E-state index contributed by atoms with van der Waals surface area (Å²) < 4.78 is 5.65. The summed E-state index contributed by atoms with van der Waals surface area (Å²) in [5, 5.41) is 9.49. The summed E-state index contributed by atoms with van der Waals surface area (Å²) in [6.45, 7) is 1.91. The van der Waals surface area contributed by atoms with Crippen LogP contribution >= 0.6 is 11.8 Å². The summed E-state index contributed by atoms with van der Waals surface area (Å²) in [6, 6.07) is 13.2. The van der Waals surface area contributed by atoms with Gasteiger partial charge in [-0.1, -0.05) is 0 Å². The molecule has 4 nitrogen and oxygen atoms in total. The van der Waals surface area contributed by atoms with Gasteiger partial charge >= 0.3 is 0 Å². The van der Waals surface area contributed by atoms with E-state index in [4.69, 9.17) is 15.4 Å². The molecule has 1 aromatic heterocycles. The van der Waals surface area contributed by atoms with E-state index >= 15 is 0 Å².